The second-order valence-electron chi connectivity index (χ2n) is 9.00. The number of nitrogens with one attached hydrogen (secondary N) is 2. The summed E-state index contributed by atoms with van der Waals surface area (Å²) in [7, 11) is -4.41. The van der Waals surface area contributed by atoms with E-state index in [9.17, 15) is 31.2 Å². The van der Waals surface area contributed by atoms with E-state index in [0.29, 0.717) is 32.9 Å². The first-order chi connectivity index (χ1) is 19.9. The van der Waals surface area contributed by atoms with Gasteiger partial charge in [-0.05, 0) is 67.1 Å². The number of anilines is 2. The minimum absolute atomic E-state index is 0.200. The smallest absolute Gasteiger partial charge is 0.322 e. The number of carbonyl (C=O) groups excluding carboxylic acids is 2. The Bertz CT molecular complexity index is 1690. The first-order valence-corrected chi connectivity index (χ1v) is 13.9. The lowest BCUT2D eigenvalue weighted by Gasteiger charge is -2.24. The number of carbonyl (C=O) groups is 2. The third kappa shape index (κ3) is 7.40. The molecule has 0 bridgehead atoms. The van der Waals surface area contributed by atoms with Crippen LogP contribution in [-0.2, 0) is 21.0 Å². The Labute approximate surface area is 240 Å². The molecule has 0 spiro atoms. The van der Waals surface area contributed by atoms with Gasteiger partial charge in [-0.15, -0.1) is 0 Å². The van der Waals surface area contributed by atoms with E-state index in [4.69, 9.17) is 0 Å². The van der Waals surface area contributed by atoms with Crippen molar-refractivity contribution in [1.29, 1.82) is 0 Å². The van der Waals surface area contributed by atoms with Gasteiger partial charge < -0.3 is 5.32 Å². The molecule has 0 aromatic heterocycles. The van der Waals surface area contributed by atoms with E-state index in [1.807, 2.05) is 0 Å². The molecule has 2 N–H and O–H groups in total. The standard InChI is InChI=1S/C30H25F3N4O4S/c1-21(22-15-17-25(18-16-22)34-29(39)23-9-4-2-5-10-23)35-36-28(38)20-37(42(40,41)27-13-6-3-7-14-27)26-12-8-11-24(19-26)30(31,32)33/h2-19H,20H2,1H3,(H,34,39)(H,36,38)/b35-21-. The fraction of sp³-hybridized carbons (Fsp3) is 0.100. The van der Waals surface area contributed by atoms with Crippen LogP contribution < -0.4 is 15.0 Å². The van der Waals surface area contributed by atoms with Gasteiger partial charge in [0.15, 0.2) is 0 Å². The molecular weight excluding hydrogens is 569 g/mol. The number of hydrogen-bond donors (Lipinski definition) is 2. The van der Waals surface area contributed by atoms with Crippen LogP contribution in [0, 0.1) is 0 Å². The molecule has 4 rings (SSSR count). The Morgan fingerprint density at radius 3 is 2.05 bits per heavy atom. The molecule has 4 aromatic carbocycles. The van der Waals surface area contributed by atoms with Gasteiger partial charge in [0.05, 0.1) is 21.9 Å². The Kier molecular flexibility index (Phi) is 9.06. The van der Waals surface area contributed by atoms with Crippen molar-refractivity contribution < 1.29 is 31.2 Å². The van der Waals surface area contributed by atoms with E-state index < -0.39 is 34.2 Å². The first kappa shape index (κ1) is 30.0. The van der Waals surface area contributed by atoms with Crippen molar-refractivity contribution in [2.45, 2.75) is 18.0 Å². The van der Waals surface area contributed by atoms with Crippen molar-refractivity contribution >= 4 is 38.9 Å². The number of benzene rings is 4. The maximum Gasteiger partial charge on any atom is 0.416 e. The summed E-state index contributed by atoms with van der Waals surface area (Å²) in [5, 5.41) is 6.79. The summed E-state index contributed by atoms with van der Waals surface area (Å²) in [6, 6.07) is 26.1. The number of rotatable bonds is 9. The maximum absolute atomic E-state index is 13.4. The fourth-order valence-corrected chi connectivity index (χ4v) is 5.27. The van der Waals surface area contributed by atoms with Gasteiger partial charge in [0.1, 0.15) is 6.54 Å². The van der Waals surface area contributed by atoms with Gasteiger partial charge in [0.2, 0.25) is 0 Å². The van der Waals surface area contributed by atoms with E-state index in [2.05, 4.69) is 15.8 Å². The zero-order valence-electron chi connectivity index (χ0n) is 22.2. The largest absolute Gasteiger partial charge is 0.416 e. The number of halogens is 3. The molecule has 0 atom stereocenters. The summed E-state index contributed by atoms with van der Waals surface area (Å²) in [6.45, 7) is 0.767. The lowest BCUT2D eigenvalue weighted by atomic mass is 10.1. The van der Waals surface area contributed by atoms with Gasteiger partial charge in [-0.3, -0.25) is 13.9 Å². The summed E-state index contributed by atoms with van der Waals surface area (Å²) in [4.78, 5) is 25.0. The quantitative estimate of drug-likeness (QED) is 0.192. The van der Waals surface area contributed by atoms with Crippen LogP contribution in [0.15, 0.2) is 119 Å². The summed E-state index contributed by atoms with van der Waals surface area (Å²) in [5.41, 5.74) is 2.86. The molecule has 0 aliphatic heterocycles. The summed E-state index contributed by atoms with van der Waals surface area (Å²) in [5.74, 6) is -1.16. The number of amides is 2. The molecule has 0 fully saturated rings. The molecule has 2 amide bonds. The van der Waals surface area contributed by atoms with Crippen LogP contribution in [0.25, 0.3) is 0 Å². The van der Waals surface area contributed by atoms with Gasteiger partial charge in [0.25, 0.3) is 21.8 Å². The highest BCUT2D eigenvalue weighted by Gasteiger charge is 2.33. The topological polar surface area (TPSA) is 108 Å². The van der Waals surface area contributed by atoms with E-state index in [1.165, 1.54) is 30.3 Å². The highest BCUT2D eigenvalue weighted by Crippen LogP contribution is 2.33. The van der Waals surface area contributed by atoms with Crippen molar-refractivity contribution in [2.24, 2.45) is 5.10 Å². The Hall–Kier alpha value is -4.97. The average Bonchev–Trinajstić information content (AvgIpc) is 2.99. The van der Waals surface area contributed by atoms with Crippen LogP contribution in [0.1, 0.15) is 28.4 Å². The number of hydrogen-bond acceptors (Lipinski definition) is 5. The van der Waals surface area contributed by atoms with Gasteiger partial charge in [0, 0.05) is 11.3 Å². The van der Waals surface area contributed by atoms with Crippen LogP contribution in [0.2, 0.25) is 0 Å². The van der Waals surface area contributed by atoms with Crippen molar-refractivity contribution in [3.63, 3.8) is 0 Å². The van der Waals surface area contributed by atoms with Crippen LogP contribution in [-0.4, -0.2) is 32.5 Å². The summed E-state index contributed by atoms with van der Waals surface area (Å²) in [6.07, 6.45) is -4.72. The number of hydrazone groups is 1. The predicted molar refractivity (Wildman–Crippen MR) is 154 cm³/mol. The maximum atomic E-state index is 13.4. The molecule has 0 aliphatic rings. The van der Waals surface area contributed by atoms with Crippen LogP contribution >= 0.6 is 0 Å². The molecular formula is C30H25F3N4O4S. The van der Waals surface area contributed by atoms with Crippen LogP contribution in [0.3, 0.4) is 0 Å². The third-order valence-electron chi connectivity index (χ3n) is 6.02. The molecule has 0 radical (unpaired) electrons. The minimum Gasteiger partial charge on any atom is -0.322 e. The van der Waals surface area contributed by atoms with E-state index in [-0.39, 0.29) is 16.5 Å². The van der Waals surface area contributed by atoms with Crippen molar-refractivity contribution in [3.05, 3.63) is 126 Å². The summed E-state index contributed by atoms with van der Waals surface area (Å²) >= 11 is 0. The molecule has 0 aliphatic carbocycles. The predicted octanol–water partition coefficient (Wildman–Crippen LogP) is 5.69. The highest BCUT2D eigenvalue weighted by atomic mass is 32.2. The van der Waals surface area contributed by atoms with Crippen molar-refractivity contribution in [1.82, 2.24) is 5.43 Å². The Balaban J connectivity index is 1.50. The molecule has 42 heavy (non-hydrogen) atoms. The monoisotopic (exact) mass is 594 g/mol. The van der Waals surface area contributed by atoms with Crippen molar-refractivity contribution in [3.8, 4) is 0 Å². The second kappa shape index (κ2) is 12.7. The first-order valence-electron chi connectivity index (χ1n) is 12.5. The molecule has 216 valence electrons. The second-order valence-corrected chi connectivity index (χ2v) is 10.9. The Morgan fingerprint density at radius 2 is 1.43 bits per heavy atom. The lowest BCUT2D eigenvalue weighted by molar-refractivity contribution is -0.137. The molecule has 0 saturated carbocycles. The Morgan fingerprint density at radius 1 is 0.810 bits per heavy atom. The fourth-order valence-electron chi connectivity index (χ4n) is 3.84. The normalized spacial score (nSPS) is 12.0. The van der Waals surface area contributed by atoms with E-state index in [0.717, 1.165) is 12.1 Å². The SMILES string of the molecule is C/C(=N/NC(=O)CN(c1cccc(C(F)(F)F)c1)S(=O)(=O)c1ccccc1)c1ccc(NC(=O)c2ccccc2)cc1. The molecule has 12 heteroatoms. The van der Waals surface area contributed by atoms with Gasteiger partial charge >= 0.3 is 6.18 Å². The van der Waals surface area contributed by atoms with Gasteiger partial charge in [-0.1, -0.05) is 54.6 Å². The molecule has 0 unspecified atom stereocenters. The molecule has 0 saturated heterocycles. The summed E-state index contributed by atoms with van der Waals surface area (Å²) < 4.78 is 67.5. The lowest BCUT2D eigenvalue weighted by Crippen LogP contribution is -2.39. The highest BCUT2D eigenvalue weighted by molar-refractivity contribution is 7.92. The average molecular weight is 595 g/mol. The molecule has 0 heterocycles. The zero-order valence-corrected chi connectivity index (χ0v) is 23.0. The number of sulfonamides is 1. The number of nitrogens with zero attached hydrogens (tertiary/aromatic N) is 2. The molecule has 4 aromatic rings. The number of alkyl halides is 3. The van der Waals surface area contributed by atoms with Gasteiger partial charge in [-0.2, -0.15) is 18.3 Å². The van der Waals surface area contributed by atoms with E-state index in [1.54, 1.807) is 67.6 Å². The minimum atomic E-state index is -4.72. The van der Waals surface area contributed by atoms with Gasteiger partial charge in [-0.25, -0.2) is 13.8 Å². The van der Waals surface area contributed by atoms with Crippen LogP contribution in [0.4, 0.5) is 24.5 Å². The molecule has 8 nitrogen and oxygen atoms in total. The van der Waals surface area contributed by atoms with Crippen molar-refractivity contribution in [2.75, 3.05) is 16.2 Å². The van der Waals surface area contributed by atoms with E-state index >= 15 is 0 Å². The van der Waals surface area contributed by atoms with Crippen LogP contribution in [0.5, 0.6) is 0 Å². The third-order valence-corrected chi connectivity index (χ3v) is 7.81. The zero-order chi connectivity index (χ0) is 30.3.